The molecule has 2 amide bonds. The van der Waals surface area contributed by atoms with E-state index in [2.05, 4.69) is 6.58 Å². The van der Waals surface area contributed by atoms with E-state index in [4.69, 9.17) is 4.74 Å². The molecule has 0 aromatic heterocycles. The van der Waals surface area contributed by atoms with Gasteiger partial charge in [-0.05, 0) is 54.7 Å². The largest absolute Gasteiger partial charge is 0.458 e. The van der Waals surface area contributed by atoms with Crippen molar-refractivity contribution < 1.29 is 23.5 Å². The van der Waals surface area contributed by atoms with Gasteiger partial charge in [-0.3, -0.25) is 14.6 Å². The van der Waals surface area contributed by atoms with Gasteiger partial charge in [-0.1, -0.05) is 49.8 Å². The summed E-state index contributed by atoms with van der Waals surface area (Å²) in [5.74, 6) is -0.147. The van der Waals surface area contributed by atoms with Crippen LogP contribution < -0.4 is 0 Å². The van der Waals surface area contributed by atoms with Gasteiger partial charge in [-0.15, -0.1) is 11.8 Å². The highest BCUT2D eigenvalue weighted by Crippen LogP contribution is 2.29. The molecule has 1 heterocycles. The maximum absolute atomic E-state index is 13.0. The lowest BCUT2D eigenvalue weighted by molar-refractivity contribution is -0.172. The number of rotatable bonds is 14. The van der Waals surface area contributed by atoms with Crippen molar-refractivity contribution in [2.45, 2.75) is 50.0 Å². The van der Waals surface area contributed by atoms with Crippen LogP contribution in [0.3, 0.4) is 0 Å². The molecule has 1 aliphatic rings. The predicted molar refractivity (Wildman–Crippen MR) is 140 cm³/mol. The van der Waals surface area contributed by atoms with Crippen LogP contribution in [0, 0.1) is 5.82 Å². The summed E-state index contributed by atoms with van der Waals surface area (Å²) in [6.45, 7) is 6.22. The quantitative estimate of drug-likeness (QED) is 0.151. The first-order chi connectivity index (χ1) is 17.4. The Morgan fingerprint density at radius 2 is 1.75 bits per heavy atom. The number of hydrazine groups is 1. The maximum atomic E-state index is 13.0. The van der Waals surface area contributed by atoms with Crippen molar-refractivity contribution in [1.82, 2.24) is 10.0 Å². The molecule has 3 rings (SSSR count). The molecule has 1 unspecified atom stereocenters. The van der Waals surface area contributed by atoms with E-state index in [0.29, 0.717) is 24.4 Å². The molecule has 0 saturated carbocycles. The van der Waals surface area contributed by atoms with Crippen LogP contribution in [0.4, 0.5) is 4.39 Å². The highest BCUT2D eigenvalue weighted by molar-refractivity contribution is 8.00. The van der Waals surface area contributed by atoms with Crippen molar-refractivity contribution in [3.8, 4) is 0 Å². The number of thioether (sulfide) groups is 1. The predicted octanol–water partition coefficient (Wildman–Crippen LogP) is 5.18. The Bertz CT molecular complexity index is 1040. The van der Waals surface area contributed by atoms with Crippen molar-refractivity contribution in [3.63, 3.8) is 0 Å². The lowest BCUT2D eigenvalue weighted by Gasteiger charge is -2.44. The Morgan fingerprint density at radius 1 is 1.08 bits per heavy atom. The number of hydrogen-bond donors (Lipinski definition) is 0. The Balaban J connectivity index is 1.35. The van der Waals surface area contributed by atoms with Gasteiger partial charge >= 0.3 is 5.97 Å². The Hall–Kier alpha value is -3.13. The first-order valence-electron chi connectivity index (χ1n) is 12.2. The molecule has 1 atom stereocenters. The third kappa shape index (κ3) is 7.95. The van der Waals surface area contributed by atoms with Gasteiger partial charge in [0.2, 0.25) is 5.91 Å². The lowest BCUT2D eigenvalue weighted by atomic mass is 10.1. The summed E-state index contributed by atoms with van der Waals surface area (Å²) in [5, 5.41) is 2.93. The van der Waals surface area contributed by atoms with Gasteiger partial charge in [0, 0.05) is 19.2 Å². The Labute approximate surface area is 216 Å². The summed E-state index contributed by atoms with van der Waals surface area (Å²) < 4.78 is 18.0. The standard InChI is InChI=1S/C28H33FN2O4S/c1-3-18-35-28(34)24-13-9-23(10-14-24)20-36-26-19-31(27(26)33)30(21(2)32)17-7-5-4-6-8-22-11-15-25(29)16-12-22/h3,9-16,26H,1,4-8,17-20H2,2H3. The van der Waals surface area contributed by atoms with E-state index in [1.54, 1.807) is 22.2 Å². The molecule has 8 heteroatoms. The van der Waals surface area contributed by atoms with Crippen LogP contribution in [0.15, 0.2) is 61.2 Å². The number of amides is 2. The first kappa shape index (κ1) is 27.5. The molecule has 0 N–H and O–H groups in total. The normalized spacial score (nSPS) is 14.8. The first-order valence-corrected chi connectivity index (χ1v) is 13.3. The SMILES string of the molecule is C=CCOC(=O)c1ccc(CSC2CN(N(CCCCCCc3ccc(F)cc3)C(C)=O)C2=O)cc1. The number of aryl methyl sites for hydroxylation is 1. The van der Waals surface area contributed by atoms with Crippen molar-refractivity contribution >= 4 is 29.5 Å². The van der Waals surface area contributed by atoms with Crippen LogP contribution in [0.1, 0.15) is 54.1 Å². The average molecular weight is 513 g/mol. The number of ether oxygens (including phenoxy) is 1. The van der Waals surface area contributed by atoms with Gasteiger partial charge in [-0.2, -0.15) is 0 Å². The summed E-state index contributed by atoms with van der Waals surface area (Å²) >= 11 is 1.54. The van der Waals surface area contributed by atoms with E-state index < -0.39 is 5.97 Å². The number of unbranched alkanes of at least 4 members (excludes halogenated alkanes) is 3. The molecule has 1 aliphatic heterocycles. The third-order valence-corrected chi connectivity index (χ3v) is 7.25. The molecule has 36 heavy (non-hydrogen) atoms. The van der Waals surface area contributed by atoms with Crippen LogP contribution in [0.5, 0.6) is 0 Å². The van der Waals surface area contributed by atoms with Gasteiger partial charge < -0.3 is 4.74 Å². The zero-order valence-electron chi connectivity index (χ0n) is 20.7. The number of halogens is 1. The van der Waals surface area contributed by atoms with Crippen LogP contribution in [-0.4, -0.2) is 52.7 Å². The van der Waals surface area contributed by atoms with Gasteiger partial charge in [-0.25, -0.2) is 14.2 Å². The van der Waals surface area contributed by atoms with E-state index in [1.807, 2.05) is 24.3 Å². The topological polar surface area (TPSA) is 66.9 Å². The maximum Gasteiger partial charge on any atom is 0.338 e. The van der Waals surface area contributed by atoms with E-state index >= 15 is 0 Å². The van der Waals surface area contributed by atoms with Crippen molar-refractivity contribution in [3.05, 3.63) is 83.7 Å². The molecule has 6 nitrogen and oxygen atoms in total. The summed E-state index contributed by atoms with van der Waals surface area (Å²) in [7, 11) is 0. The smallest absolute Gasteiger partial charge is 0.338 e. The van der Waals surface area contributed by atoms with Crippen molar-refractivity contribution in [1.29, 1.82) is 0 Å². The number of esters is 1. The molecule has 0 bridgehead atoms. The van der Waals surface area contributed by atoms with Crippen molar-refractivity contribution in [2.24, 2.45) is 0 Å². The molecular formula is C28H33FN2O4S. The minimum absolute atomic E-state index is 0.0452. The van der Waals surface area contributed by atoms with Gasteiger partial charge in [0.25, 0.3) is 5.91 Å². The fourth-order valence-corrected chi connectivity index (χ4v) is 5.01. The van der Waals surface area contributed by atoms with Crippen LogP contribution >= 0.6 is 11.8 Å². The van der Waals surface area contributed by atoms with Crippen LogP contribution in [-0.2, 0) is 26.5 Å². The second kappa shape index (κ2) is 13.8. The molecular weight excluding hydrogens is 479 g/mol. The van der Waals surface area contributed by atoms with E-state index in [9.17, 15) is 18.8 Å². The zero-order valence-corrected chi connectivity index (χ0v) is 21.5. The van der Waals surface area contributed by atoms with Gasteiger partial charge in [0.15, 0.2) is 0 Å². The number of benzene rings is 2. The minimum atomic E-state index is -0.392. The summed E-state index contributed by atoms with van der Waals surface area (Å²) in [5.41, 5.74) is 2.61. The molecule has 192 valence electrons. The average Bonchev–Trinajstić information content (AvgIpc) is 2.88. The highest BCUT2D eigenvalue weighted by Gasteiger charge is 2.41. The molecule has 0 spiro atoms. The lowest BCUT2D eigenvalue weighted by Crippen LogP contribution is -2.63. The number of carbonyl (C=O) groups excluding carboxylic acids is 3. The second-order valence-electron chi connectivity index (χ2n) is 8.74. The van der Waals surface area contributed by atoms with Gasteiger partial charge in [0.1, 0.15) is 17.7 Å². The molecule has 1 fully saturated rings. The number of β-lactam (4-membered cyclic amide) rings is 1. The van der Waals surface area contributed by atoms with E-state index in [-0.39, 0.29) is 29.5 Å². The van der Waals surface area contributed by atoms with Crippen molar-refractivity contribution in [2.75, 3.05) is 19.7 Å². The second-order valence-corrected chi connectivity index (χ2v) is 9.93. The Morgan fingerprint density at radius 3 is 2.39 bits per heavy atom. The fourth-order valence-electron chi connectivity index (χ4n) is 3.92. The molecule has 1 saturated heterocycles. The van der Waals surface area contributed by atoms with Gasteiger partial charge in [0.05, 0.1) is 12.1 Å². The molecule has 0 aliphatic carbocycles. The molecule has 2 aromatic carbocycles. The molecule has 2 aromatic rings. The zero-order chi connectivity index (χ0) is 25.9. The van der Waals surface area contributed by atoms with Crippen LogP contribution in [0.25, 0.3) is 0 Å². The summed E-state index contributed by atoms with van der Waals surface area (Å²) in [4.78, 5) is 36.7. The summed E-state index contributed by atoms with van der Waals surface area (Å²) in [6.07, 6.45) is 6.23. The number of carbonyl (C=O) groups is 3. The third-order valence-electron chi connectivity index (χ3n) is 6.00. The van der Waals surface area contributed by atoms with E-state index in [0.717, 1.165) is 43.2 Å². The number of nitrogens with zero attached hydrogens (tertiary/aromatic N) is 2. The summed E-state index contributed by atoms with van der Waals surface area (Å²) in [6, 6.07) is 13.7. The molecule has 0 radical (unpaired) electrons. The number of hydrogen-bond acceptors (Lipinski definition) is 5. The Kier molecular flexibility index (Phi) is 10.5. The highest BCUT2D eigenvalue weighted by atomic mass is 32.2. The fraction of sp³-hybridized carbons (Fsp3) is 0.393. The van der Waals surface area contributed by atoms with E-state index in [1.165, 1.54) is 36.9 Å². The monoisotopic (exact) mass is 512 g/mol. The van der Waals surface area contributed by atoms with Crippen LogP contribution in [0.2, 0.25) is 0 Å². The minimum Gasteiger partial charge on any atom is -0.458 e.